The van der Waals surface area contributed by atoms with Crippen molar-refractivity contribution < 1.29 is 0 Å². The van der Waals surface area contributed by atoms with Gasteiger partial charge in [0.25, 0.3) is 0 Å². The van der Waals surface area contributed by atoms with Gasteiger partial charge in [-0.1, -0.05) is 6.07 Å². The molecule has 0 fully saturated rings. The third-order valence-electron chi connectivity index (χ3n) is 2.42. The summed E-state index contributed by atoms with van der Waals surface area (Å²) in [6.07, 6.45) is 1.02. The molecule has 2 N–H and O–H groups in total. The number of hydrogen-bond donors (Lipinski definition) is 1. The van der Waals surface area contributed by atoms with Crippen LogP contribution in [0.5, 0.6) is 0 Å². The van der Waals surface area contributed by atoms with Crippen molar-refractivity contribution in [1.29, 1.82) is 0 Å². The van der Waals surface area contributed by atoms with Gasteiger partial charge < -0.3 is 10.6 Å². The molecular formula is C11H19N3S. The van der Waals surface area contributed by atoms with Crippen molar-refractivity contribution in [2.45, 2.75) is 26.3 Å². The zero-order valence-electron chi connectivity index (χ0n) is 9.60. The normalized spacial score (nSPS) is 13.9. The van der Waals surface area contributed by atoms with E-state index in [-0.39, 0.29) is 0 Å². The molecule has 1 aromatic heterocycles. The topological polar surface area (TPSA) is 41.6 Å². The minimum atomic E-state index is 0.388. The second-order valence-corrected chi connectivity index (χ2v) is 4.61. The maximum atomic E-state index is 5.84. The summed E-state index contributed by atoms with van der Waals surface area (Å²) in [5, 5.41) is 2.10. The highest BCUT2D eigenvalue weighted by Crippen LogP contribution is 2.13. The highest BCUT2D eigenvalue weighted by atomic mass is 32.1. The number of nitrogens with zero attached hydrogens (tertiary/aromatic N) is 2. The van der Waals surface area contributed by atoms with Gasteiger partial charge in [0.2, 0.25) is 0 Å². The summed E-state index contributed by atoms with van der Waals surface area (Å²) in [4.78, 5) is 7.62. The van der Waals surface area contributed by atoms with E-state index >= 15 is 0 Å². The molecule has 1 rings (SSSR count). The number of rotatable bonds is 4. The first kappa shape index (κ1) is 12.0. The molecule has 1 unspecified atom stereocenters. The van der Waals surface area contributed by atoms with Crippen molar-refractivity contribution in [2.75, 3.05) is 13.6 Å². The van der Waals surface area contributed by atoms with Gasteiger partial charge in [0.1, 0.15) is 0 Å². The van der Waals surface area contributed by atoms with Gasteiger partial charge in [0.15, 0.2) is 5.96 Å². The fraction of sp³-hybridized carbons (Fsp3) is 0.545. The molecule has 3 nitrogen and oxygen atoms in total. The van der Waals surface area contributed by atoms with E-state index in [2.05, 4.69) is 29.4 Å². The molecule has 0 radical (unpaired) electrons. The van der Waals surface area contributed by atoms with Crippen molar-refractivity contribution in [1.82, 2.24) is 4.90 Å². The lowest BCUT2D eigenvalue weighted by atomic mass is 10.2. The Hall–Kier alpha value is -1.03. The standard InChI is InChI=1S/C11H19N3S/c1-4-13-11(12)14(3)9(2)8-10-6-5-7-15-10/h5-7,9H,4,8H2,1-3H3,(H2,12,13). The first-order valence-electron chi connectivity index (χ1n) is 5.20. The molecule has 1 heterocycles. The van der Waals surface area contributed by atoms with Gasteiger partial charge in [-0.2, -0.15) is 0 Å². The monoisotopic (exact) mass is 225 g/mol. The van der Waals surface area contributed by atoms with E-state index in [4.69, 9.17) is 5.73 Å². The lowest BCUT2D eigenvalue weighted by Gasteiger charge is -2.25. The van der Waals surface area contributed by atoms with Crippen molar-refractivity contribution in [3.05, 3.63) is 22.4 Å². The van der Waals surface area contributed by atoms with E-state index in [1.165, 1.54) is 4.88 Å². The number of hydrogen-bond acceptors (Lipinski definition) is 2. The fourth-order valence-corrected chi connectivity index (χ4v) is 2.18. The summed E-state index contributed by atoms with van der Waals surface area (Å²) in [5.41, 5.74) is 5.84. The Labute approximate surface area is 95.6 Å². The maximum Gasteiger partial charge on any atom is 0.191 e. The number of aliphatic imine (C=N–C) groups is 1. The van der Waals surface area contributed by atoms with Gasteiger partial charge in [-0.3, -0.25) is 4.99 Å². The molecule has 0 aliphatic carbocycles. The quantitative estimate of drug-likeness (QED) is 0.628. The maximum absolute atomic E-state index is 5.84. The van der Waals surface area contributed by atoms with Gasteiger partial charge in [-0.05, 0) is 25.3 Å². The largest absolute Gasteiger partial charge is 0.370 e. The summed E-state index contributed by atoms with van der Waals surface area (Å²) < 4.78 is 0. The summed E-state index contributed by atoms with van der Waals surface area (Å²) in [6.45, 7) is 4.89. The van der Waals surface area contributed by atoms with Crippen LogP contribution in [0.2, 0.25) is 0 Å². The number of likely N-dealkylation sites (N-methyl/N-ethyl adjacent to an activating group) is 1. The molecule has 15 heavy (non-hydrogen) atoms. The van der Waals surface area contributed by atoms with Crippen LogP contribution in [0, 0.1) is 0 Å². The van der Waals surface area contributed by atoms with Gasteiger partial charge in [-0.25, -0.2) is 0 Å². The van der Waals surface area contributed by atoms with E-state index in [0.717, 1.165) is 13.0 Å². The highest BCUT2D eigenvalue weighted by Gasteiger charge is 2.11. The average molecular weight is 225 g/mol. The zero-order chi connectivity index (χ0) is 11.3. The molecule has 0 aromatic carbocycles. The molecule has 0 aliphatic rings. The molecule has 84 valence electrons. The van der Waals surface area contributed by atoms with Crippen molar-refractivity contribution in [2.24, 2.45) is 10.7 Å². The molecular weight excluding hydrogens is 206 g/mol. The summed E-state index contributed by atoms with van der Waals surface area (Å²) >= 11 is 1.79. The predicted molar refractivity (Wildman–Crippen MR) is 67.4 cm³/mol. The molecule has 1 atom stereocenters. The minimum Gasteiger partial charge on any atom is -0.370 e. The van der Waals surface area contributed by atoms with E-state index < -0.39 is 0 Å². The van der Waals surface area contributed by atoms with Crippen molar-refractivity contribution in [3.63, 3.8) is 0 Å². The number of thiophene rings is 1. The van der Waals surface area contributed by atoms with Crippen LogP contribution in [0.25, 0.3) is 0 Å². The van der Waals surface area contributed by atoms with Crippen LogP contribution in [-0.4, -0.2) is 30.5 Å². The zero-order valence-corrected chi connectivity index (χ0v) is 10.4. The Morgan fingerprint density at radius 2 is 2.40 bits per heavy atom. The SMILES string of the molecule is CCN=C(N)N(C)C(C)Cc1cccs1. The van der Waals surface area contributed by atoms with E-state index in [9.17, 15) is 0 Å². The van der Waals surface area contributed by atoms with Crippen LogP contribution < -0.4 is 5.73 Å². The van der Waals surface area contributed by atoms with Gasteiger partial charge >= 0.3 is 0 Å². The van der Waals surface area contributed by atoms with Crippen LogP contribution >= 0.6 is 11.3 Å². The smallest absolute Gasteiger partial charge is 0.191 e. The van der Waals surface area contributed by atoms with Gasteiger partial charge in [-0.15, -0.1) is 11.3 Å². The molecule has 0 spiro atoms. The van der Waals surface area contributed by atoms with Crippen LogP contribution in [0.1, 0.15) is 18.7 Å². The second kappa shape index (κ2) is 5.75. The van der Waals surface area contributed by atoms with Crippen LogP contribution in [-0.2, 0) is 6.42 Å². The molecule has 4 heteroatoms. The minimum absolute atomic E-state index is 0.388. The predicted octanol–water partition coefficient (Wildman–Crippen LogP) is 1.95. The Morgan fingerprint density at radius 1 is 1.67 bits per heavy atom. The Balaban J connectivity index is 2.53. The third kappa shape index (κ3) is 3.55. The Morgan fingerprint density at radius 3 is 2.93 bits per heavy atom. The highest BCUT2D eigenvalue weighted by molar-refractivity contribution is 7.09. The van der Waals surface area contributed by atoms with E-state index in [0.29, 0.717) is 12.0 Å². The Bertz CT molecular complexity index is 306. The van der Waals surface area contributed by atoms with Crippen LogP contribution in [0.4, 0.5) is 0 Å². The summed E-state index contributed by atoms with van der Waals surface area (Å²) in [7, 11) is 1.99. The van der Waals surface area contributed by atoms with Gasteiger partial charge in [0.05, 0.1) is 0 Å². The first-order valence-corrected chi connectivity index (χ1v) is 6.08. The first-order chi connectivity index (χ1) is 7.15. The van der Waals surface area contributed by atoms with Crippen LogP contribution in [0.3, 0.4) is 0 Å². The molecule has 0 saturated heterocycles. The average Bonchev–Trinajstić information content (AvgIpc) is 2.69. The number of nitrogens with two attached hydrogens (primary N) is 1. The summed E-state index contributed by atoms with van der Waals surface area (Å²) in [6, 6.07) is 4.62. The van der Waals surface area contributed by atoms with Gasteiger partial charge in [0, 0.05) is 30.9 Å². The number of guanidine groups is 1. The van der Waals surface area contributed by atoms with Crippen LogP contribution in [0.15, 0.2) is 22.5 Å². The van der Waals surface area contributed by atoms with E-state index in [1.807, 2.05) is 18.9 Å². The summed E-state index contributed by atoms with van der Waals surface area (Å²) in [5.74, 6) is 0.626. The lowest BCUT2D eigenvalue weighted by molar-refractivity contribution is 0.385. The van der Waals surface area contributed by atoms with Crippen molar-refractivity contribution >= 4 is 17.3 Å². The molecule has 1 aromatic rings. The Kier molecular flexibility index (Phi) is 4.62. The second-order valence-electron chi connectivity index (χ2n) is 3.58. The fourth-order valence-electron chi connectivity index (χ4n) is 1.36. The van der Waals surface area contributed by atoms with E-state index in [1.54, 1.807) is 11.3 Å². The van der Waals surface area contributed by atoms with Crippen molar-refractivity contribution in [3.8, 4) is 0 Å². The molecule has 0 saturated carbocycles. The molecule has 0 bridgehead atoms. The molecule has 0 amide bonds. The third-order valence-corrected chi connectivity index (χ3v) is 3.32. The molecule has 0 aliphatic heterocycles. The lowest BCUT2D eigenvalue weighted by Crippen LogP contribution is -2.41.